The molecule has 178 valence electrons. The van der Waals surface area contributed by atoms with Crippen LogP contribution in [0.15, 0.2) is 48.7 Å². The van der Waals surface area contributed by atoms with Gasteiger partial charge < -0.3 is 9.64 Å². The van der Waals surface area contributed by atoms with Crippen molar-refractivity contribution in [3.05, 3.63) is 48.7 Å². The second-order valence-electron chi connectivity index (χ2n) is 9.47. The maximum Gasteiger partial charge on any atom is 0.228 e. The number of nitrogens with zero attached hydrogens (tertiary/aromatic N) is 4. The third-order valence-corrected chi connectivity index (χ3v) is 7.11. The van der Waals surface area contributed by atoms with E-state index in [-0.39, 0.29) is 11.9 Å². The Morgan fingerprint density at radius 2 is 1.79 bits per heavy atom. The summed E-state index contributed by atoms with van der Waals surface area (Å²) < 4.78 is 5.55. The average Bonchev–Trinajstić information content (AvgIpc) is 2.86. The van der Waals surface area contributed by atoms with Gasteiger partial charge in [0.15, 0.2) is 0 Å². The van der Waals surface area contributed by atoms with Crippen LogP contribution in [0.1, 0.15) is 45.4 Å². The number of carbonyl (C=O) groups is 1. The third-order valence-electron chi connectivity index (χ3n) is 7.11. The minimum Gasteiger partial charge on any atom is -0.495 e. The molecule has 1 aliphatic carbocycles. The second kappa shape index (κ2) is 11.5. The Balaban J connectivity index is 1.38. The number of anilines is 2. The number of pyridine rings is 1. The number of hydrogen-bond acceptors (Lipinski definition) is 5. The lowest BCUT2D eigenvalue weighted by Gasteiger charge is -2.39. The normalized spacial score (nSPS) is 18.7. The maximum absolute atomic E-state index is 13.4. The molecule has 4 rings (SSSR count). The highest BCUT2D eigenvalue weighted by Crippen LogP contribution is 2.30. The Hall–Kier alpha value is -2.60. The smallest absolute Gasteiger partial charge is 0.228 e. The summed E-state index contributed by atoms with van der Waals surface area (Å²) in [5, 5.41) is 0. The summed E-state index contributed by atoms with van der Waals surface area (Å²) in [4.78, 5) is 24.8. The Morgan fingerprint density at radius 3 is 2.48 bits per heavy atom. The van der Waals surface area contributed by atoms with Crippen molar-refractivity contribution < 1.29 is 9.53 Å². The van der Waals surface area contributed by atoms with Gasteiger partial charge in [-0.15, -0.1) is 0 Å². The van der Waals surface area contributed by atoms with Crippen molar-refractivity contribution in [3.8, 4) is 5.75 Å². The summed E-state index contributed by atoms with van der Waals surface area (Å²) in [6.07, 6.45) is 8.62. The Morgan fingerprint density at radius 1 is 1.06 bits per heavy atom. The predicted molar refractivity (Wildman–Crippen MR) is 134 cm³/mol. The van der Waals surface area contributed by atoms with E-state index in [1.165, 1.54) is 32.1 Å². The van der Waals surface area contributed by atoms with Crippen LogP contribution in [0.5, 0.6) is 5.75 Å². The summed E-state index contributed by atoms with van der Waals surface area (Å²) in [5.41, 5.74) is 1.16. The molecule has 33 heavy (non-hydrogen) atoms. The molecule has 0 spiro atoms. The van der Waals surface area contributed by atoms with E-state index in [1.807, 2.05) is 35.2 Å². The number of methoxy groups -OCH3 is 1. The first-order valence-corrected chi connectivity index (χ1v) is 12.5. The number of para-hydroxylation sites is 2. The highest BCUT2D eigenvalue weighted by Gasteiger charge is 2.29. The number of carbonyl (C=O) groups excluding carboxylic acids is 1. The molecule has 6 nitrogen and oxygen atoms in total. The van der Waals surface area contributed by atoms with Gasteiger partial charge in [-0.1, -0.05) is 37.5 Å². The number of benzene rings is 1. The van der Waals surface area contributed by atoms with Crippen LogP contribution < -0.4 is 14.5 Å². The molecule has 0 bridgehead atoms. The molecular formula is C27H38N4O2. The molecular weight excluding hydrogens is 412 g/mol. The van der Waals surface area contributed by atoms with E-state index in [0.29, 0.717) is 12.3 Å². The molecule has 1 aliphatic heterocycles. The zero-order valence-electron chi connectivity index (χ0n) is 20.2. The van der Waals surface area contributed by atoms with Crippen LogP contribution in [0.3, 0.4) is 0 Å². The fourth-order valence-electron chi connectivity index (χ4n) is 5.35. The van der Waals surface area contributed by atoms with Crippen LogP contribution in [-0.4, -0.2) is 61.7 Å². The van der Waals surface area contributed by atoms with E-state index in [2.05, 4.69) is 33.8 Å². The summed E-state index contributed by atoms with van der Waals surface area (Å²) >= 11 is 0. The van der Waals surface area contributed by atoms with Gasteiger partial charge in [0.25, 0.3) is 0 Å². The van der Waals surface area contributed by atoms with E-state index in [0.717, 1.165) is 50.0 Å². The van der Waals surface area contributed by atoms with Gasteiger partial charge in [0.1, 0.15) is 11.6 Å². The monoisotopic (exact) mass is 450 g/mol. The van der Waals surface area contributed by atoms with Gasteiger partial charge in [-0.3, -0.25) is 14.6 Å². The molecule has 1 saturated heterocycles. The second-order valence-corrected chi connectivity index (χ2v) is 9.47. The van der Waals surface area contributed by atoms with Crippen molar-refractivity contribution in [1.82, 2.24) is 9.88 Å². The van der Waals surface area contributed by atoms with Crippen LogP contribution in [-0.2, 0) is 4.79 Å². The summed E-state index contributed by atoms with van der Waals surface area (Å²) in [7, 11) is 1.73. The molecule has 1 aromatic heterocycles. The van der Waals surface area contributed by atoms with Gasteiger partial charge in [0, 0.05) is 51.4 Å². The highest BCUT2D eigenvalue weighted by molar-refractivity contribution is 5.93. The van der Waals surface area contributed by atoms with Crippen LogP contribution in [0, 0.1) is 5.92 Å². The molecule has 2 aliphatic rings. The average molecular weight is 451 g/mol. The number of hydrogen-bond donors (Lipinski definition) is 0. The van der Waals surface area contributed by atoms with Gasteiger partial charge in [0.2, 0.25) is 5.91 Å². The SMILES string of the molecule is COc1ccccc1N1CCN(C[C@H](C)N(C(=O)CC2CCCCC2)c2ccccn2)CC1. The van der Waals surface area contributed by atoms with Crippen LogP contribution >= 0.6 is 0 Å². The molecule has 2 heterocycles. The molecule has 1 saturated carbocycles. The van der Waals surface area contributed by atoms with Gasteiger partial charge in [-0.05, 0) is 49.9 Å². The number of piperazine rings is 1. The summed E-state index contributed by atoms with van der Waals surface area (Å²) in [6, 6.07) is 14.2. The Kier molecular flexibility index (Phi) is 8.21. The zero-order valence-corrected chi connectivity index (χ0v) is 20.2. The summed E-state index contributed by atoms with van der Waals surface area (Å²) in [6.45, 7) is 6.86. The Labute approximate surface area is 198 Å². The maximum atomic E-state index is 13.4. The van der Waals surface area contributed by atoms with E-state index < -0.39 is 0 Å². The number of amides is 1. The third kappa shape index (κ3) is 6.05. The van der Waals surface area contributed by atoms with Crippen LogP contribution in [0.4, 0.5) is 11.5 Å². The number of ether oxygens (including phenoxy) is 1. The largest absolute Gasteiger partial charge is 0.495 e. The first-order chi connectivity index (χ1) is 16.2. The minimum absolute atomic E-state index is 0.0776. The van der Waals surface area contributed by atoms with Gasteiger partial charge in [0.05, 0.1) is 12.8 Å². The topological polar surface area (TPSA) is 48.9 Å². The molecule has 0 unspecified atom stereocenters. The van der Waals surface area contributed by atoms with Gasteiger partial charge in [-0.2, -0.15) is 0 Å². The first kappa shape index (κ1) is 23.6. The minimum atomic E-state index is 0.0776. The van der Waals surface area contributed by atoms with Gasteiger partial charge >= 0.3 is 0 Å². The van der Waals surface area contributed by atoms with E-state index >= 15 is 0 Å². The first-order valence-electron chi connectivity index (χ1n) is 12.5. The Bertz CT molecular complexity index is 877. The lowest BCUT2D eigenvalue weighted by atomic mass is 9.86. The van der Waals surface area contributed by atoms with Crippen LogP contribution in [0.2, 0.25) is 0 Å². The lowest BCUT2D eigenvalue weighted by molar-refractivity contribution is -0.120. The van der Waals surface area contributed by atoms with Crippen molar-refractivity contribution in [2.45, 2.75) is 51.5 Å². The van der Waals surface area contributed by atoms with Crippen molar-refractivity contribution in [2.75, 3.05) is 49.6 Å². The van der Waals surface area contributed by atoms with Crippen LogP contribution in [0.25, 0.3) is 0 Å². The summed E-state index contributed by atoms with van der Waals surface area (Å²) in [5.74, 6) is 2.45. The standard InChI is InChI=1S/C27H38N4O2/c1-22(21-29-16-18-30(19-17-29)24-12-6-7-13-25(24)33-2)31(26-14-8-9-15-28-26)27(32)20-23-10-4-3-5-11-23/h6-9,12-15,22-23H,3-5,10-11,16-21H2,1-2H3/t22-/m0/s1. The zero-order chi connectivity index (χ0) is 23.0. The molecule has 0 N–H and O–H groups in total. The quantitative estimate of drug-likeness (QED) is 0.588. The van der Waals surface area contributed by atoms with E-state index in [4.69, 9.17) is 4.74 Å². The molecule has 0 radical (unpaired) electrons. The van der Waals surface area contributed by atoms with Crippen molar-refractivity contribution >= 4 is 17.4 Å². The molecule has 1 amide bonds. The highest BCUT2D eigenvalue weighted by atomic mass is 16.5. The molecule has 1 atom stereocenters. The predicted octanol–water partition coefficient (Wildman–Crippen LogP) is 4.60. The molecule has 6 heteroatoms. The molecule has 2 aromatic rings. The van der Waals surface area contributed by atoms with E-state index in [1.54, 1.807) is 13.3 Å². The number of rotatable bonds is 8. The fourth-order valence-corrected chi connectivity index (χ4v) is 5.35. The fraction of sp³-hybridized carbons (Fsp3) is 0.556. The van der Waals surface area contributed by atoms with Gasteiger partial charge in [-0.25, -0.2) is 4.98 Å². The number of aromatic nitrogens is 1. The molecule has 1 aromatic carbocycles. The van der Waals surface area contributed by atoms with Crippen molar-refractivity contribution in [2.24, 2.45) is 5.92 Å². The van der Waals surface area contributed by atoms with E-state index in [9.17, 15) is 4.79 Å². The molecule has 2 fully saturated rings. The van der Waals surface area contributed by atoms with Crippen molar-refractivity contribution in [3.63, 3.8) is 0 Å². The van der Waals surface area contributed by atoms with Crippen molar-refractivity contribution in [1.29, 1.82) is 0 Å². The lowest BCUT2D eigenvalue weighted by Crippen LogP contribution is -2.52.